The number of aromatic nitrogens is 2. The Morgan fingerprint density at radius 2 is 1.94 bits per heavy atom. The maximum atomic E-state index is 14.0. The number of hydrogen-bond acceptors (Lipinski definition) is 4. The number of piperidine rings is 1. The van der Waals surface area contributed by atoms with E-state index in [-0.39, 0.29) is 11.8 Å². The number of carbonyl (C=O) groups excluding carboxylic acids is 2. The summed E-state index contributed by atoms with van der Waals surface area (Å²) in [4.78, 5) is 34.6. The van der Waals surface area contributed by atoms with E-state index < -0.39 is 5.41 Å². The molecule has 2 aliphatic heterocycles. The summed E-state index contributed by atoms with van der Waals surface area (Å²) in [7, 11) is 0. The fourth-order valence-corrected chi connectivity index (χ4v) is 6.06. The van der Waals surface area contributed by atoms with Crippen LogP contribution in [0.4, 0.5) is 5.69 Å². The minimum Gasteiger partial charge on any atom is -0.343 e. The number of rotatable bonds is 6. The molecule has 8 heteroatoms. The number of thioether (sulfide) groups is 1. The lowest BCUT2D eigenvalue weighted by Crippen LogP contribution is -2.49. The molecule has 3 heterocycles. The Morgan fingerprint density at radius 1 is 1.18 bits per heavy atom. The second-order valence-electron chi connectivity index (χ2n) is 9.16. The van der Waals surface area contributed by atoms with Crippen LogP contribution in [0.15, 0.2) is 42.5 Å². The van der Waals surface area contributed by atoms with Crippen LogP contribution in [0.3, 0.4) is 0 Å². The van der Waals surface area contributed by atoms with E-state index >= 15 is 0 Å². The van der Waals surface area contributed by atoms with E-state index in [1.165, 1.54) is 0 Å². The largest absolute Gasteiger partial charge is 0.343 e. The molecule has 0 radical (unpaired) electrons. The van der Waals surface area contributed by atoms with Gasteiger partial charge in [0.05, 0.1) is 23.0 Å². The van der Waals surface area contributed by atoms with Gasteiger partial charge in [0.15, 0.2) is 0 Å². The first kappa shape index (κ1) is 23.2. The predicted octanol–water partition coefficient (Wildman–Crippen LogP) is 4.87. The molecule has 0 unspecified atom stereocenters. The van der Waals surface area contributed by atoms with Gasteiger partial charge in [0.25, 0.3) is 0 Å². The summed E-state index contributed by atoms with van der Waals surface area (Å²) >= 11 is 8.08. The molecule has 1 saturated heterocycles. The Labute approximate surface area is 209 Å². The Balaban J connectivity index is 1.51. The maximum Gasteiger partial charge on any atom is 0.238 e. The van der Waals surface area contributed by atoms with E-state index in [0.717, 1.165) is 46.8 Å². The van der Waals surface area contributed by atoms with Crippen molar-refractivity contribution in [3.8, 4) is 0 Å². The van der Waals surface area contributed by atoms with E-state index in [0.29, 0.717) is 37.5 Å². The lowest BCUT2D eigenvalue weighted by Gasteiger charge is -2.38. The van der Waals surface area contributed by atoms with Crippen molar-refractivity contribution >= 4 is 51.9 Å². The number of amides is 2. The smallest absolute Gasteiger partial charge is 0.238 e. The number of aryl methyl sites for hydroxylation is 1. The third-order valence-electron chi connectivity index (χ3n) is 7.25. The number of anilines is 1. The van der Waals surface area contributed by atoms with E-state index in [9.17, 15) is 9.59 Å². The number of nitrogens with zero attached hydrogens (tertiary/aromatic N) is 4. The molecule has 1 aromatic heterocycles. The van der Waals surface area contributed by atoms with Gasteiger partial charge in [0.2, 0.25) is 11.8 Å². The highest BCUT2D eigenvalue weighted by Gasteiger charge is 2.52. The standard InChI is InChI=1S/C26H29ClN4O2S/c1-18(32)29-13-10-26(11-14-29)20-6-3-4-7-22(20)31(25(26)33)17-24-28-21-16-19(27)8-9-23(21)30(24)12-5-15-34-2/h3-4,6-9,16H,5,10-15,17H2,1-2H3. The van der Waals surface area contributed by atoms with Gasteiger partial charge in [-0.2, -0.15) is 11.8 Å². The molecular weight excluding hydrogens is 468 g/mol. The summed E-state index contributed by atoms with van der Waals surface area (Å²) in [6.45, 7) is 4.07. The molecule has 0 N–H and O–H groups in total. The SMILES string of the molecule is CSCCCn1c(CN2C(=O)C3(CCN(C(C)=O)CC3)c3ccccc32)nc2cc(Cl)ccc21. The number of benzene rings is 2. The van der Waals surface area contributed by atoms with Gasteiger partial charge < -0.3 is 14.4 Å². The summed E-state index contributed by atoms with van der Waals surface area (Å²) in [5.74, 6) is 2.13. The van der Waals surface area contributed by atoms with Crippen LogP contribution in [0.2, 0.25) is 5.02 Å². The van der Waals surface area contributed by atoms with E-state index in [2.05, 4.69) is 16.9 Å². The van der Waals surface area contributed by atoms with Crippen LogP contribution in [0.5, 0.6) is 0 Å². The summed E-state index contributed by atoms with van der Waals surface area (Å²) in [5.41, 5.74) is 3.38. The van der Waals surface area contributed by atoms with Crippen LogP contribution in [0, 0.1) is 0 Å². The second-order valence-corrected chi connectivity index (χ2v) is 10.6. The normalized spacial score (nSPS) is 17.1. The highest BCUT2D eigenvalue weighted by Crippen LogP contribution is 2.48. The van der Waals surface area contributed by atoms with Crippen LogP contribution in [-0.4, -0.2) is 51.4 Å². The van der Waals surface area contributed by atoms with E-state index in [1.807, 2.05) is 58.0 Å². The highest BCUT2D eigenvalue weighted by atomic mass is 35.5. The van der Waals surface area contributed by atoms with Crippen molar-refractivity contribution in [3.05, 3.63) is 58.9 Å². The zero-order valence-electron chi connectivity index (χ0n) is 19.6. The van der Waals surface area contributed by atoms with Crippen LogP contribution in [-0.2, 0) is 28.1 Å². The van der Waals surface area contributed by atoms with E-state index in [1.54, 1.807) is 6.92 Å². The van der Waals surface area contributed by atoms with Gasteiger partial charge in [0.1, 0.15) is 5.82 Å². The predicted molar refractivity (Wildman–Crippen MR) is 139 cm³/mol. The number of carbonyl (C=O) groups is 2. The zero-order chi connectivity index (χ0) is 23.9. The summed E-state index contributed by atoms with van der Waals surface area (Å²) in [6, 6.07) is 13.9. The maximum absolute atomic E-state index is 14.0. The van der Waals surface area contributed by atoms with Crippen molar-refractivity contribution in [3.63, 3.8) is 0 Å². The summed E-state index contributed by atoms with van der Waals surface area (Å²) < 4.78 is 2.24. The van der Waals surface area contributed by atoms with Crippen LogP contribution in [0.25, 0.3) is 11.0 Å². The monoisotopic (exact) mass is 496 g/mol. The average Bonchev–Trinajstić information content (AvgIpc) is 3.28. The minimum absolute atomic E-state index is 0.0723. The van der Waals surface area contributed by atoms with Crippen molar-refractivity contribution < 1.29 is 9.59 Å². The molecule has 0 bridgehead atoms. The number of fused-ring (bicyclic) bond motifs is 3. The molecule has 2 aliphatic rings. The van der Waals surface area contributed by atoms with Gasteiger partial charge in [-0.25, -0.2) is 4.98 Å². The molecule has 1 fully saturated rings. The molecule has 2 aromatic carbocycles. The fraction of sp³-hybridized carbons (Fsp3) is 0.423. The first-order valence-electron chi connectivity index (χ1n) is 11.8. The van der Waals surface area contributed by atoms with Gasteiger partial charge in [-0.1, -0.05) is 29.8 Å². The third-order valence-corrected chi connectivity index (χ3v) is 8.18. The van der Waals surface area contributed by atoms with E-state index in [4.69, 9.17) is 16.6 Å². The first-order chi connectivity index (χ1) is 16.4. The molecule has 5 rings (SSSR count). The first-order valence-corrected chi connectivity index (χ1v) is 13.5. The van der Waals surface area contributed by atoms with Crippen LogP contribution >= 0.6 is 23.4 Å². The number of hydrogen-bond donors (Lipinski definition) is 0. The average molecular weight is 497 g/mol. The fourth-order valence-electron chi connectivity index (χ4n) is 5.47. The summed E-state index contributed by atoms with van der Waals surface area (Å²) in [5, 5.41) is 0.659. The van der Waals surface area contributed by atoms with Crippen molar-refractivity contribution in [1.82, 2.24) is 14.5 Å². The van der Waals surface area contributed by atoms with Crippen molar-refractivity contribution in [2.75, 3.05) is 30.0 Å². The Hall–Kier alpha value is -2.51. The van der Waals surface area contributed by atoms with Crippen molar-refractivity contribution in [2.45, 2.75) is 44.7 Å². The van der Waals surface area contributed by atoms with Gasteiger partial charge in [-0.05, 0) is 61.1 Å². The van der Waals surface area contributed by atoms with Crippen molar-refractivity contribution in [2.24, 2.45) is 0 Å². The van der Waals surface area contributed by atoms with Gasteiger partial charge >= 0.3 is 0 Å². The molecule has 0 aliphatic carbocycles. The molecule has 6 nitrogen and oxygen atoms in total. The summed E-state index contributed by atoms with van der Waals surface area (Å²) in [6.07, 6.45) is 4.44. The van der Waals surface area contributed by atoms with Crippen LogP contribution in [0.1, 0.15) is 37.6 Å². The molecule has 34 heavy (non-hydrogen) atoms. The molecule has 0 saturated carbocycles. The molecule has 0 atom stereocenters. The van der Waals surface area contributed by atoms with Crippen molar-refractivity contribution in [1.29, 1.82) is 0 Å². The number of imidazole rings is 1. The van der Waals surface area contributed by atoms with Gasteiger partial charge in [0, 0.05) is 37.3 Å². The molecular formula is C26H29ClN4O2S. The Morgan fingerprint density at radius 3 is 2.68 bits per heavy atom. The molecule has 3 aromatic rings. The Kier molecular flexibility index (Phi) is 6.34. The number of halogens is 1. The lowest BCUT2D eigenvalue weighted by molar-refractivity contribution is -0.133. The Bertz CT molecular complexity index is 1250. The lowest BCUT2D eigenvalue weighted by atomic mass is 9.73. The minimum atomic E-state index is -0.568. The second kappa shape index (κ2) is 9.27. The number of para-hydroxylation sites is 1. The topological polar surface area (TPSA) is 58.4 Å². The third kappa shape index (κ3) is 3.89. The molecule has 1 spiro atoms. The molecule has 2 amide bonds. The number of likely N-dealkylation sites (tertiary alicyclic amines) is 1. The van der Waals surface area contributed by atoms with Gasteiger partial charge in [-0.3, -0.25) is 9.59 Å². The molecule has 178 valence electrons. The van der Waals surface area contributed by atoms with Crippen LogP contribution < -0.4 is 4.90 Å². The van der Waals surface area contributed by atoms with Gasteiger partial charge in [-0.15, -0.1) is 0 Å². The quantitative estimate of drug-likeness (QED) is 0.457. The zero-order valence-corrected chi connectivity index (χ0v) is 21.2. The highest BCUT2D eigenvalue weighted by molar-refractivity contribution is 7.98.